The highest BCUT2D eigenvalue weighted by atomic mass is 15.1. The Labute approximate surface area is 104 Å². The number of rotatable bonds is 3. The summed E-state index contributed by atoms with van der Waals surface area (Å²) < 4.78 is 0. The van der Waals surface area contributed by atoms with E-state index < -0.39 is 0 Å². The predicted octanol–water partition coefficient (Wildman–Crippen LogP) is 2.59. The smallest absolute Gasteiger partial charge is 0.115 e. The van der Waals surface area contributed by atoms with Crippen LogP contribution in [0.5, 0.6) is 0 Å². The first kappa shape index (κ1) is 12.5. The molecule has 1 aromatic heterocycles. The maximum atomic E-state index is 4.07. The van der Waals surface area contributed by atoms with Gasteiger partial charge in [0.1, 0.15) is 6.33 Å². The summed E-state index contributed by atoms with van der Waals surface area (Å²) in [5, 5.41) is 0. The fraction of sp³-hybridized carbons (Fsp3) is 0.714. The Morgan fingerprint density at radius 2 is 2.06 bits per heavy atom. The van der Waals surface area contributed by atoms with Crippen molar-refractivity contribution in [3.8, 4) is 0 Å². The zero-order valence-electron chi connectivity index (χ0n) is 11.1. The molecule has 0 N–H and O–H groups in total. The Balaban J connectivity index is 1.90. The van der Waals surface area contributed by atoms with Gasteiger partial charge in [-0.2, -0.15) is 0 Å². The van der Waals surface area contributed by atoms with Gasteiger partial charge in [0.2, 0.25) is 0 Å². The van der Waals surface area contributed by atoms with Gasteiger partial charge in [0.05, 0.1) is 0 Å². The van der Waals surface area contributed by atoms with E-state index in [0.29, 0.717) is 0 Å². The van der Waals surface area contributed by atoms with Crippen LogP contribution < -0.4 is 0 Å². The molecule has 2 unspecified atom stereocenters. The Morgan fingerprint density at radius 1 is 1.35 bits per heavy atom. The van der Waals surface area contributed by atoms with Crippen LogP contribution in [0, 0.1) is 17.8 Å². The lowest BCUT2D eigenvalue weighted by Crippen LogP contribution is -2.40. The van der Waals surface area contributed by atoms with Crippen LogP contribution in [0.1, 0.15) is 32.8 Å². The second kappa shape index (κ2) is 5.58. The van der Waals surface area contributed by atoms with E-state index in [1.807, 2.05) is 12.4 Å². The second-order valence-electron chi connectivity index (χ2n) is 5.66. The van der Waals surface area contributed by atoms with Crippen LogP contribution in [-0.2, 0) is 6.54 Å². The molecule has 0 radical (unpaired) electrons. The summed E-state index contributed by atoms with van der Waals surface area (Å²) in [6.07, 6.45) is 6.77. The Kier molecular flexibility index (Phi) is 4.11. The van der Waals surface area contributed by atoms with Crippen LogP contribution >= 0.6 is 0 Å². The molecule has 2 atom stereocenters. The molecule has 2 rings (SSSR count). The molecule has 0 aromatic carbocycles. The molecule has 1 aromatic rings. The Hall–Kier alpha value is -0.960. The first-order chi connectivity index (χ1) is 8.16. The molecule has 94 valence electrons. The fourth-order valence-electron chi connectivity index (χ4n) is 3.05. The molecule has 0 aliphatic carbocycles. The predicted molar refractivity (Wildman–Crippen MR) is 69.4 cm³/mol. The molecular formula is C14H23N3. The topological polar surface area (TPSA) is 29.0 Å². The van der Waals surface area contributed by atoms with Gasteiger partial charge in [-0.25, -0.2) is 9.97 Å². The van der Waals surface area contributed by atoms with Gasteiger partial charge in [-0.3, -0.25) is 4.90 Å². The van der Waals surface area contributed by atoms with Crippen molar-refractivity contribution in [1.29, 1.82) is 0 Å². The molecule has 0 spiro atoms. The van der Waals surface area contributed by atoms with E-state index in [1.165, 1.54) is 25.1 Å². The SMILES string of the molecule is CC(C)C1CCN(Cc2cncnc2)CC1C. The van der Waals surface area contributed by atoms with E-state index in [1.54, 1.807) is 6.33 Å². The van der Waals surface area contributed by atoms with Gasteiger partial charge in [-0.1, -0.05) is 20.8 Å². The molecular weight excluding hydrogens is 210 g/mol. The van der Waals surface area contributed by atoms with Crippen LogP contribution in [0.4, 0.5) is 0 Å². The monoisotopic (exact) mass is 233 g/mol. The van der Waals surface area contributed by atoms with Crippen molar-refractivity contribution in [1.82, 2.24) is 14.9 Å². The van der Waals surface area contributed by atoms with Crippen molar-refractivity contribution >= 4 is 0 Å². The molecule has 1 aliphatic heterocycles. The molecule has 17 heavy (non-hydrogen) atoms. The average molecular weight is 233 g/mol. The summed E-state index contributed by atoms with van der Waals surface area (Å²) >= 11 is 0. The van der Waals surface area contributed by atoms with Crippen LogP contribution in [0.15, 0.2) is 18.7 Å². The number of piperidine rings is 1. The van der Waals surface area contributed by atoms with Crippen molar-refractivity contribution in [3.05, 3.63) is 24.3 Å². The molecule has 2 heterocycles. The Morgan fingerprint density at radius 3 is 2.65 bits per heavy atom. The van der Waals surface area contributed by atoms with E-state index in [-0.39, 0.29) is 0 Å². The van der Waals surface area contributed by atoms with Crippen molar-refractivity contribution in [2.24, 2.45) is 17.8 Å². The first-order valence-corrected chi connectivity index (χ1v) is 6.63. The molecule has 0 amide bonds. The molecule has 1 fully saturated rings. The number of aromatic nitrogens is 2. The number of nitrogens with zero attached hydrogens (tertiary/aromatic N) is 3. The highest BCUT2D eigenvalue weighted by Crippen LogP contribution is 2.29. The standard InChI is InChI=1S/C14H23N3/c1-11(2)14-4-5-17(8-12(14)3)9-13-6-15-10-16-7-13/h6-7,10-12,14H,4-5,8-9H2,1-3H3. The average Bonchev–Trinajstić information content (AvgIpc) is 2.30. The van der Waals surface area contributed by atoms with Crippen LogP contribution in [0.2, 0.25) is 0 Å². The number of hydrogen-bond donors (Lipinski definition) is 0. The van der Waals surface area contributed by atoms with Gasteiger partial charge in [0, 0.05) is 31.0 Å². The summed E-state index contributed by atoms with van der Waals surface area (Å²) in [5.74, 6) is 2.50. The van der Waals surface area contributed by atoms with Crippen molar-refractivity contribution in [2.45, 2.75) is 33.7 Å². The van der Waals surface area contributed by atoms with Gasteiger partial charge in [-0.05, 0) is 30.7 Å². The third-order valence-corrected chi connectivity index (χ3v) is 3.93. The minimum atomic E-state index is 0.799. The summed E-state index contributed by atoms with van der Waals surface area (Å²) in [6, 6.07) is 0. The molecule has 1 saturated heterocycles. The van der Waals surface area contributed by atoms with Gasteiger partial charge in [0.25, 0.3) is 0 Å². The lowest BCUT2D eigenvalue weighted by molar-refractivity contribution is 0.0965. The minimum absolute atomic E-state index is 0.799. The van der Waals surface area contributed by atoms with Gasteiger partial charge in [-0.15, -0.1) is 0 Å². The third-order valence-electron chi connectivity index (χ3n) is 3.93. The second-order valence-corrected chi connectivity index (χ2v) is 5.66. The quantitative estimate of drug-likeness (QED) is 0.803. The largest absolute Gasteiger partial charge is 0.299 e. The number of likely N-dealkylation sites (tertiary alicyclic amines) is 1. The molecule has 1 aliphatic rings. The lowest BCUT2D eigenvalue weighted by atomic mass is 9.79. The molecule has 0 bridgehead atoms. The number of hydrogen-bond acceptors (Lipinski definition) is 3. The summed E-state index contributed by atoms with van der Waals surface area (Å²) in [7, 11) is 0. The maximum Gasteiger partial charge on any atom is 0.115 e. The Bertz CT molecular complexity index is 337. The summed E-state index contributed by atoms with van der Waals surface area (Å²) in [4.78, 5) is 10.7. The van der Waals surface area contributed by atoms with E-state index in [9.17, 15) is 0 Å². The van der Waals surface area contributed by atoms with Gasteiger partial charge >= 0.3 is 0 Å². The highest BCUT2D eigenvalue weighted by molar-refractivity contribution is 5.02. The van der Waals surface area contributed by atoms with Crippen LogP contribution in [-0.4, -0.2) is 28.0 Å². The van der Waals surface area contributed by atoms with Gasteiger partial charge in [0.15, 0.2) is 0 Å². The summed E-state index contributed by atoms with van der Waals surface area (Å²) in [5.41, 5.74) is 1.22. The van der Waals surface area contributed by atoms with Crippen LogP contribution in [0.3, 0.4) is 0 Å². The van der Waals surface area contributed by atoms with Crippen LogP contribution in [0.25, 0.3) is 0 Å². The zero-order valence-corrected chi connectivity index (χ0v) is 11.1. The normalized spacial score (nSPS) is 26.4. The minimum Gasteiger partial charge on any atom is -0.299 e. The molecule has 0 saturated carbocycles. The zero-order chi connectivity index (χ0) is 12.3. The highest BCUT2D eigenvalue weighted by Gasteiger charge is 2.27. The van der Waals surface area contributed by atoms with Crippen molar-refractivity contribution < 1.29 is 0 Å². The van der Waals surface area contributed by atoms with Gasteiger partial charge < -0.3 is 0 Å². The summed E-state index contributed by atoms with van der Waals surface area (Å²) in [6.45, 7) is 10.5. The fourth-order valence-corrected chi connectivity index (χ4v) is 3.05. The lowest BCUT2D eigenvalue weighted by Gasteiger charge is -2.38. The van der Waals surface area contributed by atoms with E-state index in [0.717, 1.165) is 24.3 Å². The maximum absolute atomic E-state index is 4.07. The van der Waals surface area contributed by atoms with Crippen molar-refractivity contribution in [3.63, 3.8) is 0 Å². The van der Waals surface area contributed by atoms with Crippen molar-refractivity contribution in [2.75, 3.05) is 13.1 Å². The van der Waals surface area contributed by atoms with E-state index >= 15 is 0 Å². The first-order valence-electron chi connectivity index (χ1n) is 6.63. The van der Waals surface area contributed by atoms with E-state index in [4.69, 9.17) is 0 Å². The third kappa shape index (κ3) is 3.25. The van der Waals surface area contributed by atoms with E-state index in [2.05, 4.69) is 35.6 Å². The molecule has 3 nitrogen and oxygen atoms in total. The molecule has 3 heteroatoms.